The van der Waals surface area contributed by atoms with Gasteiger partial charge in [0.1, 0.15) is 18.0 Å². The molecule has 54 heavy (non-hydrogen) atoms. The van der Waals surface area contributed by atoms with Crippen LogP contribution in [0.1, 0.15) is 190 Å². The summed E-state index contributed by atoms with van der Waals surface area (Å²) in [6.45, 7) is 6.47. The maximum Gasteiger partial charge on any atom is 0.128 e. The number of ether oxygens (including phenoxy) is 2. The van der Waals surface area contributed by atoms with E-state index in [1.807, 2.05) is 11.1 Å². The van der Waals surface area contributed by atoms with E-state index in [1.165, 1.54) is 63.5 Å². The molecule has 0 spiro atoms. The van der Waals surface area contributed by atoms with Gasteiger partial charge in [-0.05, 0) is 270 Å². The Balaban J connectivity index is 1.08. The van der Waals surface area contributed by atoms with Gasteiger partial charge in [0.2, 0.25) is 0 Å². The summed E-state index contributed by atoms with van der Waals surface area (Å²) in [5.74, 6) is 13.8. The molecule has 0 aromatic heterocycles. The lowest BCUT2D eigenvalue weighted by atomic mass is 9.39. The maximum atomic E-state index is 7.77. The summed E-state index contributed by atoms with van der Waals surface area (Å²) in [5, 5.41) is 0. The Morgan fingerprint density at radius 2 is 0.759 bits per heavy atom. The van der Waals surface area contributed by atoms with Crippen molar-refractivity contribution in [3.05, 3.63) is 28.3 Å². The van der Waals surface area contributed by atoms with Gasteiger partial charge in [-0.3, -0.25) is 0 Å². The molecule has 292 valence electrons. The second kappa shape index (κ2) is 10.8. The van der Waals surface area contributed by atoms with Crippen LogP contribution in [0.25, 0.3) is 0 Å². The zero-order valence-electron chi connectivity index (χ0n) is 34.3. The molecule has 16 saturated carbocycles. The van der Waals surface area contributed by atoms with Gasteiger partial charge in [0.25, 0.3) is 0 Å². The summed E-state index contributed by atoms with van der Waals surface area (Å²) >= 11 is 0. The van der Waals surface area contributed by atoms with Gasteiger partial charge in [0.15, 0.2) is 0 Å². The molecule has 1 aromatic rings. The molecule has 17 aliphatic rings. The molecular formula is C52H72O2. The van der Waals surface area contributed by atoms with Crippen molar-refractivity contribution in [2.45, 2.75) is 195 Å². The minimum absolute atomic E-state index is 0.0704. The lowest BCUT2D eigenvalue weighted by molar-refractivity contribution is -0.0296. The number of epoxide rings is 1. The van der Waals surface area contributed by atoms with E-state index in [-0.39, 0.29) is 5.60 Å². The van der Waals surface area contributed by atoms with Crippen LogP contribution in [0.5, 0.6) is 5.75 Å². The Morgan fingerprint density at radius 1 is 0.463 bits per heavy atom. The van der Waals surface area contributed by atoms with Crippen molar-refractivity contribution in [3.8, 4) is 5.75 Å². The highest BCUT2D eigenvalue weighted by Gasteiger charge is 2.64. The van der Waals surface area contributed by atoms with Crippen LogP contribution in [0.2, 0.25) is 0 Å². The predicted molar refractivity (Wildman–Crippen MR) is 215 cm³/mol. The first kappa shape index (κ1) is 32.9. The van der Waals surface area contributed by atoms with Crippen molar-refractivity contribution in [3.63, 3.8) is 0 Å². The average molecular weight is 729 g/mol. The van der Waals surface area contributed by atoms with Crippen molar-refractivity contribution in [1.82, 2.24) is 0 Å². The highest BCUT2D eigenvalue weighted by atomic mass is 16.6. The molecule has 1 atom stereocenters. The second-order valence-corrected chi connectivity index (χ2v) is 25.6. The standard InChI is InChI=1S/C52H72O2/c1-30(2)52(29-54-52)28-53-44-15-43(48-16-31-3-32(17-48)5-33(4-31)18-48)45(49-19-34-6-35(20-49)8-36(7-34)21-49)47(51-25-40-12-41(26-51)14-42(13-40)27-51)46(44)50-22-37-9-38(23-50)11-39(10-37)24-50/h15,30-42H,3-14,16-29H2,1-2H3. The topological polar surface area (TPSA) is 21.8 Å². The van der Waals surface area contributed by atoms with Crippen LogP contribution in [-0.4, -0.2) is 18.8 Å². The number of hydrogen-bond acceptors (Lipinski definition) is 2. The molecule has 16 aliphatic carbocycles. The predicted octanol–water partition coefficient (Wildman–Crippen LogP) is 12.4. The molecule has 2 heteroatoms. The van der Waals surface area contributed by atoms with Gasteiger partial charge in [0.05, 0.1) is 6.61 Å². The molecule has 17 fully saturated rings. The lowest BCUT2D eigenvalue weighted by Gasteiger charge is -2.65. The van der Waals surface area contributed by atoms with Crippen molar-refractivity contribution in [2.75, 3.05) is 13.2 Å². The van der Waals surface area contributed by atoms with Gasteiger partial charge in [-0.1, -0.05) is 13.8 Å². The van der Waals surface area contributed by atoms with Gasteiger partial charge in [-0.25, -0.2) is 0 Å². The Morgan fingerprint density at radius 3 is 1.07 bits per heavy atom. The zero-order valence-corrected chi connectivity index (χ0v) is 34.3. The van der Waals surface area contributed by atoms with E-state index < -0.39 is 0 Å². The van der Waals surface area contributed by atoms with E-state index in [4.69, 9.17) is 9.47 Å². The van der Waals surface area contributed by atoms with Gasteiger partial charge in [-0.2, -0.15) is 0 Å². The number of hydrogen-bond donors (Lipinski definition) is 0. The number of benzene rings is 1. The fourth-order valence-corrected chi connectivity index (χ4v) is 21.4. The quantitative estimate of drug-likeness (QED) is 0.249. The first-order valence-electron chi connectivity index (χ1n) is 24.7. The molecular weight excluding hydrogens is 657 g/mol. The van der Waals surface area contributed by atoms with Crippen molar-refractivity contribution in [1.29, 1.82) is 0 Å². The van der Waals surface area contributed by atoms with Crippen molar-refractivity contribution >= 4 is 0 Å². The van der Waals surface area contributed by atoms with Gasteiger partial charge in [0, 0.05) is 11.0 Å². The fraction of sp³-hybridized carbons (Fsp3) is 0.885. The van der Waals surface area contributed by atoms with E-state index in [9.17, 15) is 0 Å². The largest absolute Gasteiger partial charge is 0.490 e. The van der Waals surface area contributed by atoms with E-state index in [0.717, 1.165) is 84.2 Å². The van der Waals surface area contributed by atoms with Crippen LogP contribution in [0.15, 0.2) is 6.07 Å². The van der Waals surface area contributed by atoms with Crippen LogP contribution >= 0.6 is 0 Å². The number of rotatable bonds is 8. The van der Waals surface area contributed by atoms with E-state index in [1.54, 1.807) is 96.3 Å². The Hall–Kier alpha value is -1.02. The molecule has 1 saturated heterocycles. The fourth-order valence-electron chi connectivity index (χ4n) is 21.4. The van der Waals surface area contributed by atoms with Crippen LogP contribution < -0.4 is 4.74 Å². The molecule has 18 rings (SSSR count). The summed E-state index contributed by atoms with van der Waals surface area (Å²) in [6, 6.07) is 2.97. The van der Waals surface area contributed by atoms with Gasteiger partial charge >= 0.3 is 0 Å². The summed E-state index contributed by atoms with van der Waals surface area (Å²) in [7, 11) is 0. The van der Waals surface area contributed by atoms with Crippen molar-refractivity contribution in [2.24, 2.45) is 76.9 Å². The summed E-state index contributed by atoms with van der Waals surface area (Å²) in [4.78, 5) is 0. The highest BCUT2D eigenvalue weighted by molar-refractivity contribution is 5.63. The molecule has 2 nitrogen and oxygen atoms in total. The summed E-state index contributed by atoms with van der Waals surface area (Å²) in [6.07, 6.45) is 36.9. The van der Waals surface area contributed by atoms with Crippen LogP contribution in [-0.2, 0) is 26.4 Å². The Kier molecular flexibility index (Phi) is 6.56. The lowest BCUT2D eigenvalue weighted by Crippen LogP contribution is -2.56. The second-order valence-electron chi connectivity index (χ2n) is 25.6. The van der Waals surface area contributed by atoms with Crippen LogP contribution in [0.4, 0.5) is 0 Å². The minimum atomic E-state index is -0.0704. The van der Waals surface area contributed by atoms with Crippen LogP contribution in [0, 0.1) is 76.9 Å². The third-order valence-electron chi connectivity index (χ3n) is 21.6. The third kappa shape index (κ3) is 4.51. The smallest absolute Gasteiger partial charge is 0.128 e. The summed E-state index contributed by atoms with van der Waals surface area (Å²) in [5.41, 5.74) is 9.67. The SMILES string of the molecule is CC(C)C1(COc2cc(C34CC5CC(CC(C5)C3)C4)c(C34CC5CC(CC(C5)C3)C4)c(C34CC5CC(CC(C5)C3)C4)c2C23CC4CC(CC(C4)C2)C3)CO1. The maximum absolute atomic E-state index is 7.77. The third-order valence-corrected chi connectivity index (χ3v) is 21.6. The molecule has 1 heterocycles. The van der Waals surface area contributed by atoms with E-state index >= 15 is 0 Å². The minimum Gasteiger partial charge on any atom is -0.490 e. The normalized spacial score (nSPS) is 56.1. The first-order chi connectivity index (χ1) is 26.2. The molecule has 1 aromatic carbocycles. The molecule has 1 unspecified atom stereocenters. The van der Waals surface area contributed by atoms with E-state index in [0.29, 0.717) is 27.6 Å². The van der Waals surface area contributed by atoms with Gasteiger partial charge in [-0.15, -0.1) is 0 Å². The Bertz CT molecular complexity index is 1610. The van der Waals surface area contributed by atoms with Crippen LogP contribution in [0.3, 0.4) is 0 Å². The summed E-state index contributed by atoms with van der Waals surface area (Å²) < 4.78 is 14.2. The monoisotopic (exact) mass is 729 g/mol. The first-order valence-corrected chi connectivity index (χ1v) is 24.7. The zero-order chi connectivity index (χ0) is 35.4. The highest BCUT2D eigenvalue weighted by Crippen LogP contribution is 2.73. The van der Waals surface area contributed by atoms with Crippen molar-refractivity contribution < 1.29 is 9.47 Å². The molecule has 1 aliphatic heterocycles. The van der Waals surface area contributed by atoms with E-state index in [2.05, 4.69) is 31.0 Å². The molecule has 0 radical (unpaired) electrons. The Labute approximate surface area is 327 Å². The molecule has 0 N–H and O–H groups in total. The molecule has 0 amide bonds. The average Bonchev–Trinajstić information content (AvgIpc) is 3.89. The molecule has 16 bridgehead atoms. The van der Waals surface area contributed by atoms with Gasteiger partial charge < -0.3 is 9.47 Å².